The summed E-state index contributed by atoms with van der Waals surface area (Å²) < 4.78 is 13.9. The zero-order valence-corrected chi connectivity index (χ0v) is 10.1. The van der Waals surface area contributed by atoms with E-state index in [2.05, 4.69) is 4.98 Å². The van der Waals surface area contributed by atoms with Crippen molar-refractivity contribution in [1.82, 2.24) is 4.98 Å². The quantitative estimate of drug-likeness (QED) is 0.650. The molecule has 2 heteroatoms. The Hall–Kier alpha value is -1.44. The molecule has 0 spiro atoms. The minimum Gasteiger partial charge on any atom is -0.253 e. The van der Waals surface area contributed by atoms with Crippen LogP contribution in [0.5, 0.6) is 0 Å². The van der Waals surface area contributed by atoms with Crippen LogP contribution in [0.2, 0.25) is 0 Å². The molecule has 0 aliphatic rings. The summed E-state index contributed by atoms with van der Waals surface area (Å²) in [6.45, 7) is 8.07. The minimum absolute atomic E-state index is 0.208. The maximum Gasteiger partial charge on any atom is 0.145 e. The Morgan fingerprint density at radius 2 is 1.88 bits per heavy atom. The van der Waals surface area contributed by atoms with Gasteiger partial charge in [0.05, 0.1) is 11.7 Å². The third-order valence-corrected chi connectivity index (χ3v) is 2.73. The van der Waals surface area contributed by atoms with Gasteiger partial charge in [0, 0.05) is 10.9 Å². The third-order valence-electron chi connectivity index (χ3n) is 2.73. The van der Waals surface area contributed by atoms with Gasteiger partial charge in [-0.15, -0.1) is 0 Å². The van der Waals surface area contributed by atoms with Crippen LogP contribution in [-0.2, 0) is 5.41 Å². The summed E-state index contributed by atoms with van der Waals surface area (Å²) in [6.07, 6.45) is 1.32. The molecule has 0 radical (unpaired) electrons. The van der Waals surface area contributed by atoms with E-state index in [1.165, 1.54) is 6.20 Å². The zero-order valence-electron chi connectivity index (χ0n) is 10.1. The van der Waals surface area contributed by atoms with Crippen LogP contribution in [0.3, 0.4) is 0 Å². The lowest BCUT2D eigenvalue weighted by Crippen LogP contribution is -2.14. The molecule has 84 valence electrons. The van der Waals surface area contributed by atoms with Crippen LogP contribution >= 0.6 is 0 Å². The number of hydrogen-bond acceptors (Lipinski definition) is 1. The smallest absolute Gasteiger partial charge is 0.145 e. The van der Waals surface area contributed by atoms with Gasteiger partial charge in [-0.2, -0.15) is 0 Å². The standard InChI is InChI=1S/C14H16FN/c1-9-5-6-10-12(7-9)16-8-11(15)13(10)14(2,3)4/h5-8H,1-4H3. The van der Waals surface area contributed by atoms with E-state index in [0.717, 1.165) is 22.0 Å². The van der Waals surface area contributed by atoms with E-state index in [1.54, 1.807) is 0 Å². The van der Waals surface area contributed by atoms with Gasteiger partial charge in [0.1, 0.15) is 5.82 Å². The van der Waals surface area contributed by atoms with Crippen molar-refractivity contribution in [3.63, 3.8) is 0 Å². The van der Waals surface area contributed by atoms with Gasteiger partial charge in [0.25, 0.3) is 0 Å². The molecular formula is C14H16FN. The molecule has 1 aromatic carbocycles. The predicted octanol–water partition coefficient (Wildman–Crippen LogP) is 3.98. The predicted molar refractivity (Wildman–Crippen MR) is 65.1 cm³/mol. The summed E-state index contributed by atoms with van der Waals surface area (Å²) in [7, 11) is 0. The monoisotopic (exact) mass is 217 g/mol. The van der Waals surface area contributed by atoms with E-state index in [1.807, 2.05) is 45.9 Å². The molecule has 1 nitrogen and oxygen atoms in total. The van der Waals surface area contributed by atoms with Gasteiger partial charge in [-0.1, -0.05) is 32.9 Å². The highest BCUT2D eigenvalue weighted by molar-refractivity contribution is 5.83. The summed E-state index contributed by atoms with van der Waals surface area (Å²) >= 11 is 0. The fourth-order valence-electron chi connectivity index (χ4n) is 2.04. The van der Waals surface area contributed by atoms with Crippen LogP contribution in [0.4, 0.5) is 4.39 Å². The molecular weight excluding hydrogens is 201 g/mol. The van der Waals surface area contributed by atoms with Crippen molar-refractivity contribution >= 4 is 10.9 Å². The van der Waals surface area contributed by atoms with Crippen molar-refractivity contribution in [3.8, 4) is 0 Å². The van der Waals surface area contributed by atoms with Crippen LogP contribution in [0, 0.1) is 12.7 Å². The first-order valence-electron chi connectivity index (χ1n) is 5.45. The number of aryl methyl sites for hydroxylation is 1. The van der Waals surface area contributed by atoms with Gasteiger partial charge in [-0.25, -0.2) is 4.39 Å². The summed E-state index contributed by atoms with van der Waals surface area (Å²) in [5.41, 5.74) is 2.55. The summed E-state index contributed by atoms with van der Waals surface area (Å²) in [6, 6.07) is 5.95. The van der Waals surface area contributed by atoms with E-state index < -0.39 is 0 Å². The number of pyridine rings is 1. The Balaban J connectivity index is 2.85. The Morgan fingerprint density at radius 3 is 2.50 bits per heavy atom. The molecule has 1 aromatic heterocycles. The van der Waals surface area contributed by atoms with Crippen LogP contribution in [0.1, 0.15) is 31.9 Å². The van der Waals surface area contributed by atoms with Crippen LogP contribution in [0.15, 0.2) is 24.4 Å². The summed E-state index contributed by atoms with van der Waals surface area (Å²) in [4.78, 5) is 4.14. The van der Waals surface area contributed by atoms with Gasteiger partial charge < -0.3 is 0 Å². The molecule has 0 fully saturated rings. The summed E-state index contributed by atoms with van der Waals surface area (Å²) in [5.74, 6) is -0.219. The number of nitrogens with zero attached hydrogens (tertiary/aromatic N) is 1. The first-order chi connectivity index (χ1) is 7.39. The largest absolute Gasteiger partial charge is 0.253 e. The van der Waals surface area contributed by atoms with Crippen molar-refractivity contribution in [2.45, 2.75) is 33.1 Å². The molecule has 1 heterocycles. The lowest BCUT2D eigenvalue weighted by molar-refractivity contribution is 0.525. The van der Waals surface area contributed by atoms with Gasteiger partial charge in [0.15, 0.2) is 0 Å². The molecule has 16 heavy (non-hydrogen) atoms. The minimum atomic E-state index is -0.219. The molecule has 2 rings (SSSR count). The molecule has 0 aliphatic heterocycles. The number of fused-ring (bicyclic) bond motifs is 1. The van der Waals surface area contributed by atoms with Crippen molar-refractivity contribution in [2.75, 3.05) is 0 Å². The Labute approximate surface area is 95.3 Å². The lowest BCUT2D eigenvalue weighted by atomic mass is 9.84. The van der Waals surface area contributed by atoms with Gasteiger partial charge in [-0.05, 0) is 24.0 Å². The highest BCUT2D eigenvalue weighted by atomic mass is 19.1. The number of halogens is 1. The van der Waals surface area contributed by atoms with Crippen molar-refractivity contribution < 1.29 is 4.39 Å². The SMILES string of the molecule is Cc1ccc2c(C(C)(C)C)c(F)cnc2c1. The van der Waals surface area contributed by atoms with Crippen molar-refractivity contribution in [2.24, 2.45) is 0 Å². The van der Waals surface area contributed by atoms with Crippen LogP contribution in [-0.4, -0.2) is 4.98 Å². The third kappa shape index (κ3) is 1.80. The molecule has 0 amide bonds. The topological polar surface area (TPSA) is 12.9 Å². The highest BCUT2D eigenvalue weighted by Crippen LogP contribution is 2.31. The second-order valence-corrected chi connectivity index (χ2v) is 5.25. The first-order valence-corrected chi connectivity index (χ1v) is 5.45. The second-order valence-electron chi connectivity index (χ2n) is 5.25. The molecule has 2 aromatic rings. The van der Waals surface area contributed by atoms with Gasteiger partial charge >= 0.3 is 0 Å². The maximum absolute atomic E-state index is 13.9. The van der Waals surface area contributed by atoms with E-state index in [9.17, 15) is 4.39 Å². The average molecular weight is 217 g/mol. The van der Waals surface area contributed by atoms with E-state index in [4.69, 9.17) is 0 Å². The van der Waals surface area contributed by atoms with Gasteiger partial charge in [-0.3, -0.25) is 4.98 Å². The fraction of sp³-hybridized carbons (Fsp3) is 0.357. The summed E-state index contributed by atoms with van der Waals surface area (Å²) in [5, 5.41) is 0.915. The van der Waals surface area contributed by atoms with E-state index in [0.29, 0.717) is 0 Å². The van der Waals surface area contributed by atoms with Gasteiger partial charge in [0.2, 0.25) is 0 Å². The van der Waals surface area contributed by atoms with Crippen molar-refractivity contribution in [3.05, 3.63) is 41.3 Å². The number of hydrogen-bond donors (Lipinski definition) is 0. The van der Waals surface area contributed by atoms with E-state index in [-0.39, 0.29) is 11.2 Å². The molecule has 0 N–H and O–H groups in total. The fourth-order valence-corrected chi connectivity index (χ4v) is 2.04. The number of aromatic nitrogens is 1. The number of benzene rings is 1. The van der Waals surface area contributed by atoms with Crippen LogP contribution < -0.4 is 0 Å². The maximum atomic E-state index is 13.9. The van der Waals surface area contributed by atoms with Crippen LogP contribution in [0.25, 0.3) is 10.9 Å². The lowest BCUT2D eigenvalue weighted by Gasteiger charge is -2.21. The number of rotatable bonds is 0. The normalized spacial score (nSPS) is 12.1. The molecule has 0 bridgehead atoms. The first kappa shape index (κ1) is 11.1. The second kappa shape index (κ2) is 3.55. The molecule has 0 saturated heterocycles. The average Bonchev–Trinajstić information content (AvgIpc) is 2.16. The zero-order chi connectivity index (χ0) is 11.9. The molecule has 0 saturated carbocycles. The van der Waals surface area contributed by atoms with Crippen molar-refractivity contribution in [1.29, 1.82) is 0 Å². The Morgan fingerprint density at radius 1 is 1.19 bits per heavy atom. The Bertz CT molecular complexity index is 538. The van der Waals surface area contributed by atoms with E-state index >= 15 is 0 Å². The Kier molecular flexibility index (Phi) is 2.45. The highest BCUT2D eigenvalue weighted by Gasteiger charge is 2.21. The molecule has 0 aliphatic carbocycles. The molecule has 0 atom stereocenters. The molecule has 0 unspecified atom stereocenters.